The summed E-state index contributed by atoms with van der Waals surface area (Å²) in [4.78, 5) is 15.8. The Hall–Kier alpha value is -2.80. The summed E-state index contributed by atoms with van der Waals surface area (Å²) < 4.78 is 66.2. The van der Waals surface area contributed by atoms with E-state index < -0.39 is 33.1 Å². The molecule has 3 aromatic rings. The SMILES string of the molecule is O=C(NCCN1CCc2cc(F)ccc21)C(CC1CCCCC1)N(c1ccc(S(=O)(=O)c2ccccc2)s1)S(=O)[O-]. The molecule has 1 saturated carbocycles. The van der Waals surface area contributed by atoms with Crippen LogP contribution in [0.25, 0.3) is 0 Å². The first-order valence-corrected chi connectivity index (χ1v) is 17.2. The summed E-state index contributed by atoms with van der Waals surface area (Å²) in [7, 11) is -3.84. The van der Waals surface area contributed by atoms with Crippen molar-refractivity contribution in [1.29, 1.82) is 0 Å². The van der Waals surface area contributed by atoms with Crippen molar-refractivity contribution in [3.8, 4) is 0 Å². The van der Waals surface area contributed by atoms with Gasteiger partial charge >= 0.3 is 0 Å². The zero-order valence-electron chi connectivity index (χ0n) is 22.5. The van der Waals surface area contributed by atoms with Gasteiger partial charge in [-0.25, -0.2) is 12.8 Å². The van der Waals surface area contributed by atoms with Gasteiger partial charge in [0.1, 0.15) is 21.1 Å². The number of fused-ring (bicyclic) bond motifs is 1. The van der Waals surface area contributed by atoms with E-state index in [2.05, 4.69) is 10.2 Å². The second kappa shape index (κ2) is 13.0. The molecular formula is C29H33FN3O5S3-. The summed E-state index contributed by atoms with van der Waals surface area (Å²) in [5.41, 5.74) is 1.87. The number of amides is 1. The summed E-state index contributed by atoms with van der Waals surface area (Å²) in [6, 6.07) is 14.5. The van der Waals surface area contributed by atoms with Gasteiger partial charge < -0.3 is 14.8 Å². The summed E-state index contributed by atoms with van der Waals surface area (Å²) in [5.74, 6) is -0.499. The van der Waals surface area contributed by atoms with Gasteiger partial charge in [0.15, 0.2) is 0 Å². The predicted molar refractivity (Wildman–Crippen MR) is 158 cm³/mol. The van der Waals surface area contributed by atoms with Gasteiger partial charge in [0, 0.05) is 36.6 Å². The number of hydrogen-bond donors (Lipinski definition) is 1. The van der Waals surface area contributed by atoms with Gasteiger partial charge in [0.05, 0.1) is 4.90 Å². The molecule has 1 N–H and O–H groups in total. The van der Waals surface area contributed by atoms with Crippen LogP contribution in [0.2, 0.25) is 0 Å². The van der Waals surface area contributed by atoms with E-state index >= 15 is 0 Å². The molecule has 2 heterocycles. The molecule has 2 atom stereocenters. The van der Waals surface area contributed by atoms with Crippen LogP contribution in [0.1, 0.15) is 44.1 Å². The molecule has 0 bridgehead atoms. The molecule has 220 valence electrons. The molecule has 0 radical (unpaired) electrons. The van der Waals surface area contributed by atoms with Gasteiger partial charge in [-0.05, 0) is 66.8 Å². The maximum Gasteiger partial charge on any atom is 0.243 e. The number of rotatable bonds is 11. The smallest absolute Gasteiger partial charge is 0.243 e. The van der Waals surface area contributed by atoms with Crippen molar-refractivity contribution >= 4 is 49.0 Å². The van der Waals surface area contributed by atoms with Crippen molar-refractivity contribution in [2.75, 3.05) is 28.8 Å². The summed E-state index contributed by atoms with van der Waals surface area (Å²) in [5, 5.41) is 3.11. The van der Waals surface area contributed by atoms with Crippen molar-refractivity contribution in [2.45, 2.75) is 60.1 Å². The number of thiophene rings is 1. The molecule has 5 rings (SSSR count). The maximum absolute atomic E-state index is 13.6. The maximum atomic E-state index is 13.6. The number of halogens is 1. The van der Waals surface area contributed by atoms with Gasteiger partial charge in [0.25, 0.3) is 0 Å². The summed E-state index contributed by atoms with van der Waals surface area (Å²) >= 11 is -1.97. The van der Waals surface area contributed by atoms with Crippen molar-refractivity contribution < 1.29 is 26.4 Å². The molecule has 8 nitrogen and oxygen atoms in total. The Labute approximate surface area is 246 Å². The minimum Gasteiger partial charge on any atom is -0.755 e. The van der Waals surface area contributed by atoms with Crippen LogP contribution in [-0.2, 0) is 32.3 Å². The molecule has 1 fully saturated rings. The van der Waals surface area contributed by atoms with Gasteiger partial charge in [-0.3, -0.25) is 13.3 Å². The lowest BCUT2D eigenvalue weighted by Gasteiger charge is -2.35. The fraction of sp³-hybridized carbons (Fsp3) is 0.414. The van der Waals surface area contributed by atoms with E-state index in [0.717, 1.165) is 65.4 Å². The standard InChI is InChI=1S/C29H34FN3O5S3/c30-23-11-12-25-22(20-23)15-17-32(25)18-16-31-29(34)26(19-21-7-3-1-4-8-21)33(40(35)36)27-13-14-28(39-27)41(37,38)24-9-5-2-6-10-24/h2,5-6,9-14,20-21,26H,1,3-4,7-8,15-19H2,(H,31,34)(H,35,36)/p-1. The normalized spacial score (nSPS) is 17.2. The number of anilines is 2. The van der Waals surface area contributed by atoms with Crippen LogP contribution in [0.15, 0.2) is 69.8 Å². The van der Waals surface area contributed by atoms with Crippen LogP contribution < -0.4 is 14.5 Å². The average Bonchev–Trinajstić information content (AvgIpc) is 3.61. The van der Waals surface area contributed by atoms with Gasteiger partial charge in [-0.15, -0.1) is 11.3 Å². The van der Waals surface area contributed by atoms with Crippen LogP contribution in [0.4, 0.5) is 15.1 Å². The highest BCUT2D eigenvalue weighted by atomic mass is 32.2. The fourth-order valence-corrected chi connectivity index (χ4v) is 9.34. The van der Waals surface area contributed by atoms with Crippen molar-refractivity contribution in [2.24, 2.45) is 5.92 Å². The van der Waals surface area contributed by atoms with Crippen molar-refractivity contribution in [3.05, 3.63) is 72.0 Å². The minimum absolute atomic E-state index is 0.00936. The first-order valence-electron chi connectivity index (χ1n) is 13.8. The lowest BCUT2D eigenvalue weighted by Crippen LogP contribution is -2.50. The molecule has 1 aromatic heterocycles. The molecule has 2 aliphatic rings. The number of benzene rings is 2. The van der Waals surface area contributed by atoms with Gasteiger partial charge in [-0.2, -0.15) is 0 Å². The molecule has 1 aliphatic carbocycles. The zero-order valence-corrected chi connectivity index (χ0v) is 25.0. The summed E-state index contributed by atoms with van der Waals surface area (Å²) in [6.07, 6.45) is 6.10. The number of hydrogen-bond acceptors (Lipinski definition) is 7. The number of sulfone groups is 1. The largest absolute Gasteiger partial charge is 0.755 e. The molecule has 1 aliphatic heterocycles. The number of carbonyl (C=O) groups excluding carboxylic acids is 1. The topological polar surface area (TPSA) is 110 Å². The van der Waals surface area contributed by atoms with Crippen LogP contribution in [0, 0.1) is 11.7 Å². The molecule has 41 heavy (non-hydrogen) atoms. The average molecular weight is 619 g/mol. The van der Waals surface area contributed by atoms with Crippen LogP contribution >= 0.6 is 11.3 Å². The lowest BCUT2D eigenvalue weighted by atomic mass is 9.84. The third-order valence-corrected chi connectivity index (χ3v) is 12.1. The molecule has 0 saturated heterocycles. The highest BCUT2D eigenvalue weighted by molar-refractivity contribution is 7.93. The van der Waals surface area contributed by atoms with Crippen LogP contribution in [0.3, 0.4) is 0 Å². The van der Waals surface area contributed by atoms with Crippen LogP contribution in [-0.4, -0.2) is 48.8 Å². The predicted octanol–water partition coefficient (Wildman–Crippen LogP) is 4.84. The highest BCUT2D eigenvalue weighted by Gasteiger charge is 2.33. The number of nitrogens with zero attached hydrogens (tertiary/aromatic N) is 2. The molecule has 0 spiro atoms. The Balaban J connectivity index is 1.35. The summed E-state index contributed by atoms with van der Waals surface area (Å²) in [6.45, 7) is 1.50. The molecular weight excluding hydrogens is 586 g/mol. The second-order valence-corrected chi connectivity index (χ2v) is 14.6. The van der Waals surface area contributed by atoms with Crippen molar-refractivity contribution in [3.63, 3.8) is 0 Å². The molecule has 1 amide bonds. The van der Waals surface area contributed by atoms with Crippen molar-refractivity contribution in [1.82, 2.24) is 5.32 Å². The van der Waals surface area contributed by atoms with E-state index in [0.29, 0.717) is 19.5 Å². The Bertz CT molecular complexity index is 1490. The minimum atomic E-state index is -3.84. The van der Waals surface area contributed by atoms with E-state index in [-0.39, 0.29) is 32.4 Å². The Kier molecular flexibility index (Phi) is 9.42. The molecule has 2 aromatic carbocycles. The third kappa shape index (κ3) is 6.82. The highest BCUT2D eigenvalue weighted by Crippen LogP contribution is 2.37. The second-order valence-electron chi connectivity index (χ2n) is 10.5. The Morgan fingerprint density at radius 3 is 2.61 bits per heavy atom. The van der Waals surface area contributed by atoms with Gasteiger partial charge in [0.2, 0.25) is 15.7 Å². The first kappa shape index (κ1) is 29.7. The molecule has 12 heteroatoms. The van der Waals surface area contributed by atoms with Gasteiger partial charge in [-0.1, -0.05) is 50.3 Å². The van der Waals surface area contributed by atoms with Crippen LogP contribution in [0.5, 0.6) is 0 Å². The van der Waals surface area contributed by atoms with E-state index in [9.17, 15) is 26.4 Å². The lowest BCUT2D eigenvalue weighted by molar-refractivity contribution is -0.122. The van der Waals surface area contributed by atoms with E-state index in [1.807, 2.05) is 0 Å². The zero-order chi connectivity index (χ0) is 29.0. The number of nitrogens with one attached hydrogen (secondary N) is 1. The van der Waals surface area contributed by atoms with E-state index in [1.54, 1.807) is 24.3 Å². The Morgan fingerprint density at radius 1 is 1.12 bits per heavy atom. The van der Waals surface area contributed by atoms with E-state index in [4.69, 9.17) is 0 Å². The Morgan fingerprint density at radius 2 is 1.88 bits per heavy atom. The fourth-order valence-electron chi connectivity index (χ4n) is 5.77. The monoisotopic (exact) mass is 618 g/mol. The molecule has 2 unspecified atom stereocenters. The number of carbonyl (C=O) groups is 1. The quantitative estimate of drug-likeness (QED) is 0.308. The third-order valence-electron chi connectivity index (χ3n) is 7.84. The first-order chi connectivity index (χ1) is 19.7. The van der Waals surface area contributed by atoms with E-state index in [1.165, 1.54) is 36.4 Å².